The molecule has 0 fully saturated rings. The predicted octanol–water partition coefficient (Wildman–Crippen LogP) is 1.68. The topological polar surface area (TPSA) is 109 Å². The van der Waals surface area contributed by atoms with Gasteiger partial charge in [-0.15, -0.1) is 0 Å². The highest BCUT2D eigenvalue weighted by atomic mass is 16.4. The van der Waals surface area contributed by atoms with E-state index < -0.39 is 11.9 Å². The summed E-state index contributed by atoms with van der Waals surface area (Å²) < 4.78 is 0. The molecule has 0 bridgehead atoms. The molecule has 0 spiro atoms. The van der Waals surface area contributed by atoms with Crippen LogP contribution in [0.2, 0.25) is 0 Å². The van der Waals surface area contributed by atoms with Crippen molar-refractivity contribution in [3.05, 3.63) is 29.3 Å². The van der Waals surface area contributed by atoms with Crippen molar-refractivity contribution in [2.45, 2.75) is 32.6 Å². The second-order valence-corrected chi connectivity index (χ2v) is 4.54. The van der Waals surface area contributed by atoms with E-state index in [1.807, 2.05) is 0 Å². The number of carboxylic acids is 1. The molecular formula is C14H18N2O4. The molecular weight excluding hydrogens is 260 g/mol. The Hall–Kier alpha value is -2.37. The standard InChI is InChI=1S/C14H18N2O4/c1-9-8-10(6-7-11(9)14(15)20)16-12(17)4-2-3-5-13(18)19/h6-8H,2-5H2,1H3,(H2,15,20)(H,16,17)(H,18,19). The second kappa shape index (κ2) is 7.28. The maximum Gasteiger partial charge on any atom is 0.303 e. The number of unbranched alkanes of at least 4 members (excludes halogenated alkanes) is 1. The Labute approximate surface area is 117 Å². The minimum atomic E-state index is -0.858. The highest BCUT2D eigenvalue weighted by Crippen LogP contribution is 2.15. The van der Waals surface area contributed by atoms with E-state index in [9.17, 15) is 14.4 Å². The van der Waals surface area contributed by atoms with Gasteiger partial charge in [0.2, 0.25) is 11.8 Å². The molecule has 2 amide bonds. The summed E-state index contributed by atoms with van der Waals surface area (Å²) in [6.07, 6.45) is 1.34. The smallest absolute Gasteiger partial charge is 0.303 e. The molecule has 1 rings (SSSR count). The van der Waals surface area contributed by atoms with Gasteiger partial charge in [-0.25, -0.2) is 0 Å². The van der Waals surface area contributed by atoms with Gasteiger partial charge in [0.1, 0.15) is 0 Å². The van der Waals surface area contributed by atoms with Gasteiger partial charge in [-0.2, -0.15) is 0 Å². The van der Waals surface area contributed by atoms with Crippen molar-refractivity contribution in [2.75, 3.05) is 5.32 Å². The fraction of sp³-hybridized carbons (Fsp3) is 0.357. The lowest BCUT2D eigenvalue weighted by Crippen LogP contribution is -2.14. The number of rotatable bonds is 7. The Balaban J connectivity index is 2.48. The molecule has 1 aromatic rings. The van der Waals surface area contributed by atoms with E-state index >= 15 is 0 Å². The molecule has 4 N–H and O–H groups in total. The highest BCUT2D eigenvalue weighted by Gasteiger charge is 2.07. The summed E-state index contributed by atoms with van der Waals surface area (Å²) in [5.74, 6) is -1.54. The number of primary amides is 1. The Kier molecular flexibility index (Phi) is 5.71. The maximum atomic E-state index is 11.6. The molecule has 0 saturated heterocycles. The predicted molar refractivity (Wildman–Crippen MR) is 74.4 cm³/mol. The fourth-order valence-electron chi connectivity index (χ4n) is 1.80. The Morgan fingerprint density at radius 2 is 1.85 bits per heavy atom. The van der Waals surface area contributed by atoms with E-state index in [2.05, 4.69) is 5.32 Å². The van der Waals surface area contributed by atoms with Crippen molar-refractivity contribution in [3.63, 3.8) is 0 Å². The average molecular weight is 278 g/mol. The average Bonchev–Trinajstić information content (AvgIpc) is 2.34. The lowest BCUT2D eigenvalue weighted by Gasteiger charge is -2.08. The summed E-state index contributed by atoms with van der Waals surface area (Å²) in [4.78, 5) is 33.0. The number of carbonyl (C=O) groups excluding carboxylic acids is 2. The normalized spacial score (nSPS) is 10.1. The second-order valence-electron chi connectivity index (χ2n) is 4.54. The third-order valence-corrected chi connectivity index (χ3v) is 2.82. The zero-order valence-electron chi connectivity index (χ0n) is 11.3. The van der Waals surface area contributed by atoms with Gasteiger partial charge in [0.05, 0.1) is 0 Å². The lowest BCUT2D eigenvalue weighted by atomic mass is 10.1. The lowest BCUT2D eigenvalue weighted by molar-refractivity contribution is -0.137. The molecule has 0 saturated carbocycles. The summed E-state index contributed by atoms with van der Waals surface area (Å²) in [6.45, 7) is 1.74. The number of aliphatic carboxylic acids is 1. The van der Waals surface area contributed by atoms with E-state index in [1.54, 1.807) is 25.1 Å². The number of benzene rings is 1. The third-order valence-electron chi connectivity index (χ3n) is 2.82. The van der Waals surface area contributed by atoms with Crippen molar-refractivity contribution in [2.24, 2.45) is 5.73 Å². The number of nitrogens with two attached hydrogens (primary N) is 1. The van der Waals surface area contributed by atoms with Crippen molar-refractivity contribution < 1.29 is 19.5 Å². The first-order valence-electron chi connectivity index (χ1n) is 6.32. The van der Waals surface area contributed by atoms with Crippen LogP contribution in [0.1, 0.15) is 41.6 Å². The molecule has 0 unspecified atom stereocenters. The van der Waals surface area contributed by atoms with Crippen LogP contribution in [0.4, 0.5) is 5.69 Å². The summed E-state index contributed by atoms with van der Waals surface area (Å²) in [5.41, 5.74) is 6.91. The number of hydrogen-bond acceptors (Lipinski definition) is 3. The fourth-order valence-corrected chi connectivity index (χ4v) is 1.80. The Morgan fingerprint density at radius 3 is 2.40 bits per heavy atom. The van der Waals surface area contributed by atoms with E-state index in [0.717, 1.165) is 0 Å². The molecule has 0 radical (unpaired) electrons. The summed E-state index contributed by atoms with van der Waals surface area (Å²) >= 11 is 0. The van der Waals surface area contributed by atoms with Crippen LogP contribution in [-0.2, 0) is 9.59 Å². The summed E-state index contributed by atoms with van der Waals surface area (Å²) in [5, 5.41) is 11.2. The number of carbonyl (C=O) groups is 3. The Bertz CT molecular complexity index is 526. The van der Waals surface area contributed by atoms with Gasteiger partial charge in [0, 0.05) is 24.1 Å². The number of anilines is 1. The van der Waals surface area contributed by atoms with Crippen LogP contribution in [0.3, 0.4) is 0 Å². The van der Waals surface area contributed by atoms with Crippen LogP contribution in [0.5, 0.6) is 0 Å². The molecule has 20 heavy (non-hydrogen) atoms. The SMILES string of the molecule is Cc1cc(NC(=O)CCCCC(=O)O)ccc1C(N)=O. The van der Waals surface area contributed by atoms with E-state index in [0.29, 0.717) is 29.7 Å². The highest BCUT2D eigenvalue weighted by molar-refractivity contribution is 5.96. The van der Waals surface area contributed by atoms with Crippen molar-refractivity contribution >= 4 is 23.5 Å². The van der Waals surface area contributed by atoms with Gasteiger partial charge in [-0.3, -0.25) is 14.4 Å². The molecule has 1 aromatic carbocycles. The first kappa shape index (κ1) is 15.7. The molecule has 0 aliphatic rings. The van der Waals surface area contributed by atoms with Crippen LogP contribution < -0.4 is 11.1 Å². The minimum absolute atomic E-state index is 0.0691. The van der Waals surface area contributed by atoms with E-state index in [1.165, 1.54) is 0 Å². The molecule has 0 aliphatic carbocycles. The summed E-state index contributed by atoms with van der Waals surface area (Å²) in [7, 11) is 0. The van der Waals surface area contributed by atoms with Crippen LogP contribution in [-0.4, -0.2) is 22.9 Å². The van der Waals surface area contributed by atoms with Crippen LogP contribution in [0, 0.1) is 6.92 Å². The first-order valence-corrected chi connectivity index (χ1v) is 6.32. The van der Waals surface area contributed by atoms with Crippen LogP contribution >= 0.6 is 0 Å². The van der Waals surface area contributed by atoms with Gasteiger partial charge in [0.25, 0.3) is 0 Å². The first-order chi connectivity index (χ1) is 9.40. The summed E-state index contributed by atoms with van der Waals surface area (Å²) in [6, 6.07) is 4.86. The van der Waals surface area contributed by atoms with E-state index in [4.69, 9.17) is 10.8 Å². The maximum absolute atomic E-state index is 11.6. The van der Waals surface area contributed by atoms with Gasteiger partial charge in [-0.05, 0) is 43.5 Å². The van der Waals surface area contributed by atoms with Gasteiger partial charge >= 0.3 is 5.97 Å². The van der Waals surface area contributed by atoms with Crippen LogP contribution in [0.15, 0.2) is 18.2 Å². The van der Waals surface area contributed by atoms with Crippen LogP contribution in [0.25, 0.3) is 0 Å². The number of aryl methyl sites for hydroxylation is 1. The minimum Gasteiger partial charge on any atom is -0.481 e. The molecule has 0 atom stereocenters. The molecule has 0 aromatic heterocycles. The number of nitrogens with one attached hydrogen (secondary N) is 1. The number of carboxylic acid groups (broad SMARTS) is 1. The quantitative estimate of drug-likeness (QED) is 0.659. The number of hydrogen-bond donors (Lipinski definition) is 3. The van der Waals surface area contributed by atoms with Gasteiger partial charge in [-0.1, -0.05) is 0 Å². The monoisotopic (exact) mass is 278 g/mol. The number of amides is 2. The van der Waals surface area contributed by atoms with Crippen molar-refractivity contribution in [1.82, 2.24) is 0 Å². The van der Waals surface area contributed by atoms with Crippen molar-refractivity contribution in [3.8, 4) is 0 Å². The zero-order valence-corrected chi connectivity index (χ0v) is 11.3. The van der Waals surface area contributed by atoms with Gasteiger partial charge < -0.3 is 16.2 Å². The molecule has 6 nitrogen and oxygen atoms in total. The zero-order chi connectivity index (χ0) is 15.1. The molecule has 108 valence electrons. The largest absolute Gasteiger partial charge is 0.481 e. The molecule has 6 heteroatoms. The molecule has 0 heterocycles. The van der Waals surface area contributed by atoms with Crippen molar-refractivity contribution in [1.29, 1.82) is 0 Å². The van der Waals surface area contributed by atoms with E-state index in [-0.39, 0.29) is 18.7 Å². The van der Waals surface area contributed by atoms with Gasteiger partial charge in [0.15, 0.2) is 0 Å². The molecule has 0 aliphatic heterocycles. The third kappa shape index (κ3) is 5.09. The Morgan fingerprint density at radius 1 is 1.20 bits per heavy atom.